The zero-order chi connectivity index (χ0) is 25.1. The molecule has 1 N–H and O–H groups in total. The van der Waals surface area contributed by atoms with Crippen LogP contribution in [0, 0.1) is 17.3 Å². The standard InChI is InChI=1S/C22H33NO7S2Si/c1-14(24)18(21(26)29-5)23-19(25)17(16(22(2,3)4)13-30-33(6)7)20(23)31-32(27,28)15-11-9-8-10-12-15/h8-12,16-17,20,24,33H,13H2,1-7H3/t16-,17+,20-/m1/s1. The number of aliphatic hydroxyl groups is 1. The van der Waals surface area contributed by atoms with E-state index in [-0.39, 0.29) is 21.9 Å². The third-order valence-electron chi connectivity index (χ3n) is 5.46. The molecule has 8 nitrogen and oxygen atoms in total. The summed E-state index contributed by atoms with van der Waals surface area (Å²) in [4.78, 5) is 26.9. The third-order valence-corrected chi connectivity index (χ3v) is 10.1. The molecule has 1 aliphatic heterocycles. The second-order valence-corrected chi connectivity index (χ2v) is 15.6. The molecule has 1 saturated heterocycles. The number of β-lactam (4-membered cyclic amide) rings is 1. The SMILES string of the molecule is COC(=O)C(=C(C)O)N1C(=O)[C@H]([C@@H](CO[SiH](C)C)C(C)(C)C)[C@H]1SS(=O)(=O)c1ccccc1. The molecule has 0 aromatic heterocycles. The number of amides is 1. The van der Waals surface area contributed by atoms with Gasteiger partial charge in [0.1, 0.15) is 11.1 Å². The van der Waals surface area contributed by atoms with Crippen LogP contribution >= 0.6 is 10.8 Å². The lowest BCUT2D eigenvalue weighted by molar-refractivity contribution is -0.159. The van der Waals surface area contributed by atoms with Gasteiger partial charge in [-0.15, -0.1) is 0 Å². The summed E-state index contributed by atoms with van der Waals surface area (Å²) in [5, 5.41) is 9.22. The number of benzene rings is 1. The molecule has 0 unspecified atom stereocenters. The number of allylic oxidation sites excluding steroid dienone is 1. The molecule has 184 valence electrons. The largest absolute Gasteiger partial charge is 0.510 e. The molecule has 1 fully saturated rings. The predicted molar refractivity (Wildman–Crippen MR) is 130 cm³/mol. The number of rotatable bonds is 9. The first-order valence-electron chi connectivity index (χ1n) is 10.6. The second-order valence-electron chi connectivity index (χ2n) is 9.27. The maximum atomic E-state index is 13.4. The molecule has 1 aromatic carbocycles. The Morgan fingerprint density at radius 2 is 1.82 bits per heavy atom. The van der Waals surface area contributed by atoms with E-state index in [4.69, 9.17) is 9.16 Å². The zero-order valence-corrected chi connectivity index (χ0v) is 22.9. The Bertz CT molecular complexity index is 999. The monoisotopic (exact) mass is 515 g/mol. The van der Waals surface area contributed by atoms with Gasteiger partial charge in [0.25, 0.3) is 0 Å². The number of ether oxygens (including phenoxy) is 1. The van der Waals surface area contributed by atoms with Crippen molar-refractivity contribution in [2.75, 3.05) is 13.7 Å². The molecule has 0 saturated carbocycles. The molecule has 1 heterocycles. The Kier molecular flexibility index (Phi) is 8.83. The molecule has 33 heavy (non-hydrogen) atoms. The molecule has 1 aliphatic rings. The van der Waals surface area contributed by atoms with Gasteiger partial charge in [0.05, 0.1) is 17.9 Å². The lowest BCUT2D eigenvalue weighted by atomic mass is 9.70. The Morgan fingerprint density at radius 3 is 2.27 bits per heavy atom. The Balaban J connectivity index is 2.56. The molecule has 1 amide bonds. The van der Waals surface area contributed by atoms with Gasteiger partial charge in [0.2, 0.25) is 14.8 Å². The van der Waals surface area contributed by atoms with E-state index in [0.29, 0.717) is 17.4 Å². The van der Waals surface area contributed by atoms with Gasteiger partial charge in [-0.25, -0.2) is 13.2 Å². The molecule has 2 rings (SSSR count). The van der Waals surface area contributed by atoms with Crippen molar-refractivity contribution >= 4 is 40.6 Å². The van der Waals surface area contributed by atoms with Crippen LogP contribution in [0.5, 0.6) is 0 Å². The minimum Gasteiger partial charge on any atom is -0.510 e. The minimum absolute atomic E-state index is 0.0931. The normalized spacial score (nSPS) is 20.8. The Morgan fingerprint density at radius 1 is 1.24 bits per heavy atom. The fraction of sp³-hybridized carbons (Fsp3) is 0.545. The summed E-state index contributed by atoms with van der Waals surface area (Å²) in [7, 11) is -3.55. The van der Waals surface area contributed by atoms with Crippen molar-refractivity contribution in [2.24, 2.45) is 17.3 Å². The highest BCUT2D eigenvalue weighted by Crippen LogP contribution is 2.50. The van der Waals surface area contributed by atoms with E-state index in [2.05, 4.69) is 0 Å². The van der Waals surface area contributed by atoms with Crippen molar-refractivity contribution in [1.29, 1.82) is 0 Å². The van der Waals surface area contributed by atoms with Crippen LogP contribution in [-0.4, -0.2) is 58.4 Å². The lowest BCUT2D eigenvalue weighted by Gasteiger charge is -2.52. The summed E-state index contributed by atoms with van der Waals surface area (Å²) in [6.45, 7) is 11.5. The molecule has 3 atom stereocenters. The van der Waals surface area contributed by atoms with E-state index in [1.165, 1.54) is 19.1 Å². The van der Waals surface area contributed by atoms with Crippen LogP contribution < -0.4 is 0 Å². The van der Waals surface area contributed by atoms with Gasteiger partial charge in [-0.1, -0.05) is 39.0 Å². The first kappa shape index (κ1) is 27.4. The van der Waals surface area contributed by atoms with Gasteiger partial charge < -0.3 is 14.3 Å². The van der Waals surface area contributed by atoms with Crippen molar-refractivity contribution < 1.29 is 32.3 Å². The molecule has 0 radical (unpaired) electrons. The maximum absolute atomic E-state index is 13.4. The maximum Gasteiger partial charge on any atom is 0.358 e. The van der Waals surface area contributed by atoms with E-state index in [9.17, 15) is 23.1 Å². The summed E-state index contributed by atoms with van der Waals surface area (Å²) in [5.74, 6) is -2.83. The summed E-state index contributed by atoms with van der Waals surface area (Å²) in [6, 6.07) is 7.90. The lowest BCUT2D eigenvalue weighted by Crippen LogP contribution is -2.64. The van der Waals surface area contributed by atoms with Gasteiger partial charge in [-0.2, -0.15) is 0 Å². The van der Waals surface area contributed by atoms with Crippen LogP contribution in [0.25, 0.3) is 0 Å². The number of esters is 1. The van der Waals surface area contributed by atoms with Crippen molar-refractivity contribution in [1.82, 2.24) is 4.90 Å². The number of nitrogens with zero attached hydrogens (tertiary/aromatic N) is 1. The van der Waals surface area contributed by atoms with E-state index in [0.717, 1.165) is 12.0 Å². The van der Waals surface area contributed by atoms with E-state index >= 15 is 0 Å². The molecule has 0 bridgehead atoms. The molecule has 1 aromatic rings. The molecule has 0 spiro atoms. The zero-order valence-electron chi connectivity index (χ0n) is 20.1. The number of carbonyl (C=O) groups excluding carboxylic acids is 2. The fourth-order valence-corrected chi connectivity index (χ4v) is 7.91. The van der Waals surface area contributed by atoms with Crippen LogP contribution in [0.3, 0.4) is 0 Å². The molecular formula is C22H33NO7S2Si. The van der Waals surface area contributed by atoms with Crippen molar-refractivity contribution in [3.8, 4) is 0 Å². The summed E-state index contributed by atoms with van der Waals surface area (Å²) in [6.07, 6.45) is 0. The second kappa shape index (κ2) is 10.6. The van der Waals surface area contributed by atoms with E-state index in [1.54, 1.807) is 18.2 Å². The average molecular weight is 516 g/mol. The van der Waals surface area contributed by atoms with Gasteiger partial charge in [0, 0.05) is 12.5 Å². The highest BCUT2D eigenvalue weighted by molar-refractivity contribution is 8.72. The average Bonchev–Trinajstić information content (AvgIpc) is 2.72. The van der Waals surface area contributed by atoms with Gasteiger partial charge in [-0.3, -0.25) is 9.69 Å². The predicted octanol–water partition coefficient (Wildman–Crippen LogP) is 3.52. The van der Waals surface area contributed by atoms with Crippen LogP contribution in [0.15, 0.2) is 46.7 Å². The third kappa shape index (κ3) is 6.20. The van der Waals surface area contributed by atoms with Gasteiger partial charge in [-0.05, 0) is 48.4 Å². The number of methoxy groups -OCH3 is 1. The summed E-state index contributed by atoms with van der Waals surface area (Å²) >= 11 is 0. The van der Waals surface area contributed by atoms with Crippen molar-refractivity contribution in [3.05, 3.63) is 41.8 Å². The summed E-state index contributed by atoms with van der Waals surface area (Å²) < 4.78 is 37.1. The van der Waals surface area contributed by atoms with Crippen LogP contribution in [0.4, 0.5) is 0 Å². The van der Waals surface area contributed by atoms with E-state index < -0.39 is 46.8 Å². The first-order chi connectivity index (χ1) is 15.2. The number of carbonyl (C=O) groups is 2. The van der Waals surface area contributed by atoms with Crippen LogP contribution in [-0.2, 0) is 27.6 Å². The Labute approximate surface area is 201 Å². The molecule has 0 aliphatic carbocycles. The fourth-order valence-electron chi connectivity index (χ4n) is 3.68. The Hall–Kier alpha value is -1.82. The number of hydrogen-bond donors (Lipinski definition) is 1. The number of likely N-dealkylation sites (tertiary alicyclic amines) is 1. The first-order valence-corrected chi connectivity index (χ1v) is 16.3. The van der Waals surface area contributed by atoms with Crippen molar-refractivity contribution in [2.45, 2.75) is 51.1 Å². The topological polar surface area (TPSA) is 110 Å². The highest BCUT2D eigenvalue weighted by atomic mass is 33.1. The minimum atomic E-state index is -3.88. The van der Waals surface area contributed by atoms with Crippen LogP contribution in [0.2, 0.25) is 13.1 Å². The smallest absolute Gasteiger partial charge is 0.358 e. The molecular weight excluding hydrogens is 482 g/mol. The quantitative estimate of drug-likeness (QED) is 0.133. The molecule has 11 heteroatoms. The van der Waals surface area contributed by atoms with Crippen LogP contribution in [0.1, 0.15) is 27.7 Å². The summed E-state index contributed by atoms with van der Waals surface area (Å²) in [5.41, 5.74) is -0.736. The van der Waals surface area contributed by atoms with E-state index in [1.807, 2.05) is 33.9 Å². The van der Waals surface area contributed by atoms with Gasteiger partial charge >= 0.3 is 5.97 Å². The van der Waals surface area contributed by atoms with Gasteiger partial charge in [0.15, 0.2) is 14.7 Å². The number of aliphatic hydroxyl groups excluding tert-OH is 1. The number of hydrogen-bond acceptors (Lipinski definition) is 8. The highest BCUT2D eigenvalue weighted by Gasteiger charge is 2.58. The van der Waals surface area contributed by atoms with Crippen molar-refractivity contribution in [3.63, 3.8) is 0 Å².